The number of amides is 2. The van der Waals surface area contributed by atoms with Crippen LogP contribution in [0.3, 0.4) is 0 Å². The Morgan fingerprint density at radius 3 is 2.08 bits per heavy atom. The molecular formula is C29H29N5O2. The number of amidine groups is 1. The largest absolute Gasteiger partial charge is 0.342 e. The number of likely N-dealkylation sites (tertiary alicyclic amines) is 1. The van der Waals surface area contributed by atoms with Gasteiger partial charge in [-0.1, -0.05) is 48.5 Å². The maximum absolute atomic E-state index is 13.2. The zero-order valence-electron chi connectivity index (χ0n) is 20.4. The third-order valence-electron chi connectivity index (χ3n) is 7.95. The predicted molar refractivity (Wildman–Crippen MR) is 137 cm³/mol. The molecule has 2 amide bonds. The summed E-state index contributed by atoms with van der Waals surface area (Å²) in [7, 11) is 1.92. The number of hydrogen-bond donors (Lipinski definition) is 0. The molecule has 2 saturated carbocycles. The van der Waals surface area contributed by atoms with E-state index in [0.29, 0.717) is 18.4 Å². The Morgan fingerprint density at radius 1 is 0.917 bits per heavy atom. The standard InChI is InChI=1S/C29H29N5O2/c1-32-15-12-25(31-32)22-6-2-20(3-7-22)21-4-8-23(9-5-21)26-30-29(13-14-29)28(36)34(26)18-19-16-33(17-19)27(35)24-10-11-24/h2-9,12,15,19,24H,10-11,13-14,16-18H2,1H3. The molecule has 0 bridgehead atoms. The molecule has 1 spiro atoms. The first kappa shape index (κ1) is 21.5. The zero-order valence-corrected chi connectivity index (χ0v) is 20.4. The number of nitrogens with zero attached hydrogens (tertiary/aromatic N) is 5. The molecule has 7 rings (SSSR count). The van der Waals surface area contributed by atoms with Crippen LogP contribution in [0.2, 0.25) is 0 Å². The molecule has 1 saturated heterocycles. The fraction of sp³-hybridized carbons (Fsp3) is 0.379. The third kappa shape index (κ3) is 3.65. The van der Waals surface area contributed by atoms with E-state index < -0.39 is 5.54 Å². The SMILES string of the molecule is Cn1ccc(-c2ccc(-c3ccc(C4=NC5(CC5)C(=O)N4CC4CN(C(=O)C5CC5)C4)cc3)cc2)n1. The molecule has 7 nitrogen and oxygen atoms in total. The summed E-state index contributed by atoms with van der Waals surface area (Å²) >= 11 is 0. The van der Waals surface area contributed by atoms with Crippen molar-refractivity contribution in [1.82, 2.24) is 19.6 Å². The maximum Gasteiger partial charge on any atom is 0.256 e. The topological polar surface area (TPSA) is 70.8 Å². The summed E-state index contributed by atoms with van der Waals surface area (Å²) in [5.41, 5.74) is 4.76. The molecular weight excluding hydrogens is 450 g/mol. The molecule has 2 aliphatic carbocycles. The highest BCUT2D eigenvalue weighted by Gasteiger charge is 2.57. The minimum absolute atomic E-state index is 0.138. The zero-order chi connectivity index (χ0) is 24.4. The Hall–Kier alpha value is -3.74. The molecule has 36 heavy (non-hydrogen) atoms. The second kappa shape index (κ2) is 7.88. The van der Waals surface area contributed by atoms with Gasteiger partial charge < -0.3 is 4.90 Å². The maximum atomic E-state index is 13.2. The summed E-state index contributed by atoms with van der Waals surface area (Å²) in [6, 6.07) is 18.8. The van der Waals surface area contributed by atoms with Crippen molar-refractivity contribution >= 4 is 17.6 Å². The minimum Gasteiger partial charge on any atom is -0.342 e. The van der Waals surface area contributed by atoms with Crippen LogP contribution in [0.1, 0.15) is 31.2 Å². The van der Waals surface area contributed by atoms with Crippen molar-refractivity contribution in [3.63, 3.8) is 0 Å². The average molecular weight is 480 g/mol. The number of hydrogen-bond acceptors (Lipinski definition) is 4. The first-order valence-corrected chi connectivity index (χ1v) is 12.9. The van der Waals surface area contributed by atoms with Crippen LogP contribution in [-0.2, 0) is 16.6 Å². The second-order valence-electron chi connectivity index (χ2n) is 10.8. The Morgan fingerprint density at radius 2 is 1.53 bits per heavy atom. The van der Waals surface area contributed by atoms with Crippen LogP contribution in [0.15, 0.2) is 65.8 Å². The number of aliphatic imine (C=N–C) groups is 1. The summed E-state index contributed by atoms with van der Waals surface area (Å²) in [6.07, 6.45) is 5.69. The van der Waals surface area contributed by atoms with E-state index in [1.54, 1.807) is 0 Å². The highest BCUT2D eigenvalue weighted by molar-refractivity contribution is 6.16. The Labute approximate surface area is 210 Å². The van der Waals surface area contributed by atoms with Crippen LogP contribution in [0.5, 0.6) is 0 Å². The molecule has 3 fully saturated rings. The van der Waals surface area contributed by atoms with E-state index in [1.165, 1.54) is 0 Å². The summed E-state index contributed by atoms with van der Waals surface area (Å²) in [4.78, 5) is 34.3. The van der Waals surface area contributed by atoms with E-state index in [2.05, 4.69) is 53.6 Å². The van der Waals surface area contributed by atoms with Gasteiger partial charge in [0.2, 0.25) is 5.91 Å². The van der Waals surface area contributed by atoms with Gasteiger partial charge in [-0.05, 0) is 42.9 Å². The van der Waals surface area contributed by atoms with Gasteiger partial charge in [-0.25, -0.2) is 0 Å². The molecule has 2 aliphatic heterocycles. The molecule has 2 aromatic carbocycles. The van der Waals surface area contributed by atoms with Gasteiger partial charge in [0.25, 0.3) is 5.91 Å². The Bertz CT molecular complexity index is 1370. The fourth-order valence-electron chi connectivity index (χ4n) is 5.42. The summed E-state index contributed by atoms with van der Waals surface area (Å²) in [5.74, 6) is 1.82. The van der Waals surface area contributed by atoms with Crippen LogP contribution >= 0.6 is 0 Å². The van der Waals surface area contributed by atoms with Crippen LogP contribution in [0.25, 0.3) is 22.4 Å². The van der Waals surface area contributed by atoms with Gasteiger partial charge in [0.15, 0.2) is 0 Å². The molecule has 182 valence electrons. The number of carbonyl (C=O) groups excluding carboxylic acids is 2. The highest BCUT2D eigenvalue weighted by atomic mass is 16.2. The molecule has 7 heteroatoms. The molecule has 0 N–H and O–H groups in total. The molecule has 0 radical (unpaired) electrons. The van der Waals surface area contributed by atoms with Crippen molar-refractivity contribution in [3.8, 4) is 22.4 Å². The predicted octanol–water partition coefficient (Wildman–Crippen LogP) is 3.74. The number of aryl methyl sites for hydroxylation is 1. The summed E-state index contributed by atoms with van der Waals surface area (Å²) in [5, 5.41) is 4.47. The monoisotopic (exact) mass is 479 g/mol. The summed E-state index contributed by atoms with van der Waals surface area (Å²) in [6.45, 7) is 2.16. The van der Waals surface area contributed by atoms with E-state index in [-0.39, 0.29) is 11.8 Å². The van der Waals surface area contributed by atoms with Crippen molar-refractivity contribution in [3.05, 3.63) is 66.4 Å². The minimum atomic E-state index is -0.525. The van der Waals surface area contributed by atoms with Crippen LogP contribution in [-0.4, -0.2) is 62.4 Å². The lowest BCUT2D eigenvalue weighted by Gasteiger charge is -2.41. The molecule has 3 aromatic rings. The van der Waals surface area contributed by atoms with Crippen molar-refractivity contribution < 1.29 is 9.59 Å². The normalized spacial score (nSPS) is 20.6. The van der Waals surface area contributed by atoms with E-state index in [9.17, 15) is 9.59 Å². The van der Waals surface area contributed by atoms with Crippen LogP contribution in [0.4, 0.5) is 0 Å². The first-order valence-electron chi connectivity index (χ1n) is 12.9. The van der Waals surface area contributed by atoms with E-state index >= 15 is 0 Å². The van der Waals surface area contributed by atoms with E-state index in [1.807, 2.05) is 33.8 Å². The molecule has 3 heterocycles. The number of benzene rings is 2. The van der Waals surface area contributed by atoms with Gasteiger partial charge in [0, 0.05) is 55.8 Å². The Balaban J connectivity index is 1.07. The lowest BCUT2D eigenvalue weighted by molar-refractivity contribution is -0.139. The fourth-order valence-corrected chi connectivity index (χ4v) is 5.42. The van der Waals surface area contributed by atoms with Crippen molar-refractivity contribution in [2.24, 2.45) is 23.9 Å². The summed E-state index contributed by atoms with van der Waals surface area (Å²) < 4.78 is 1.81. The van der Waals surface area contributed by atoms with Crippen LogP contribution < -0.4 is 0 Å². The van der Waals surface area contributed by atoms with Crippen LogP contribution in [0, 0.1) is 11.8 Å². The molecule has 4 aliphatic rings. The lowest BCUT2D eigenvalue weighted by atomic mass is 9.97. The number of aromatic nitrogens is 2. The third-order valence-corrected chi connectivity index (χ3v) is 7.95. The molecule has 0 atom stereocenters. The quantitative estimate of drug-likeness (QED) is 0.541. The van der Waals surface area contributed by atoms with Gasteiger partial charge in [-0.3, -0.25) is 24.2 Å². The van der Waals surface area contributed by atoms with Gasteiger partial charge in [0.05, 0.1) is 5.69 Å². The van der Waals surface area contributed by atoms with Gasteiger partial charge in [-0.15, -0.1) is 0 Å². The van der Waals surface area contributed by atoms with Gasteiger partial charge in [-0.2, -0.15) is 5.10 Å². The second-order valence-corrected chi connectivity index (χ2v) is 10.8. The molecule has 0 unspecified atom stereocenters. The van der Waals surface area contributed by atoms with E-state index in [4.69, 9.17) is 4.99 Å². The highest BCUT2D eigenvalue weighted by Crippen LogP contribution is 2.46. The molecule has 1 aromatic heterocycles. The average Bonchev–Trinajstić information content (AvgIpc) is 3.79. The van der Waals surface area contributed by atoms with Gasteiger partial charge in [0.1, 0.15) is 11.4 Å². The van der Waals surface area contributed by atoms with Crippen molar-refractivity contribution in [1.29, 1.82) is 0 Å². The van der Waals surface area contributed by atoms with Gasteiger partial charge >= 0.3 is 0 Å². The first-order chi connectivity index (χ1) is 17.5. The lowest BCUT2D eigenvalue weighted by Crippen LogP contribution is -2.55. The Kier molecular flexibility index (Phi) is 4.72. The van der Waals surface area contributed by atoms with Crippen molar-refractivity contribution in [2.75, 3.05) is 19.6 Å². The van der Waals surface area contributed by atoms with Crippen molar-refractivity contribution in [2.45, 2.75) is 31.2 Å². The number of carbonyl (C=O) groups is 2. The smallest absolute Gasteiger partial charge is 0.256 e. The number of rotatable bonds is 6. The van der Waals surface area contributed by atoms with E-state index in [0.717, 1.165) is 72.6 Å².